The Bertz CT molecular complexity index is 493. The normalized spacial score (nSPS) is 22.8. The summed E-state index contributed by atoms with van der Waals surface area (Å²) in [6.45, 7) is 5.57. The Labute approximate surface area is 102 Å². The second kappa shape index (κ2) is 4.68. The first-order valence-electron chi connectivity index (χ1n) is 5.98. The molecule has 0 bridgehead atoms. The largest absolute Gasteiger partial charge is 0.355 e. The molecule has 2 heterocycles. The first-order valence-corrected chi connectivity index (χ1v) is 7.80. The summed E-state index contributed by atoms with van der Waals surface area (Å²) in [5, 5.41) is 3.25. The van der Waals surface area contributed by atoms with E-state index in [1.165, 1.54) is 0 Å². The topological polar surface area (TPSA) is 64.0 Å². The highest BCUT2D eigenvalue weighted by atomic mass is 32.2. The third-order valence-electron chi connectivity index (χ3n) is 3.11. The zero-order chi connectivity index (χ0) is 12.5. The number of rotatable bonds is 4. The second-order valence-electron chi connectivity index (χ2n) is 4.64. The van der Waals surface area contributed by atoms with Gasteiger partial charge < -0.3 is 9.88 Å². The predicted molar refractivity (Wildman–Crippen MR) is 67.9 cm³/mol. The third-order valence-corrected chi connectivity index (χ3v) is 4.95. The molecule has 0 radical (unpaired) electrons. The highest BCUT2D eigenvalue weighted by molar-refractivity contribution is 7.91. The zero-order valence-corrected chi connectivity index (χ0v) is 11.1. The molecule has 0 aromatic carbocycles. The molecule has 1 unspecified atom stereocenters. The summed E-state index contributed by atoms with van der Waals surface area (Å²) in [4.78, 5) is 4.38. The Kier molecular flexibility index (Phi) is 3.42. The molecule has 1 aliphatic rings. The summed E-state index contributed by atoms with van der Waals surface area (Å²) in [5.74, 6) is 1.71. The number of nitrogens with one attached hydrogen (secondary N) is 1. The van der Waals surface area contributed by atoms with Crippen molar-refractivity contribution in [1.82, 2.24) is 9.55 Å². The molecule has 0 spiro atoms. The number of hydrogen-bond donors (Lipinski definition) is 1. The first-order chi connectivity index (χ1) is 8.00. The molecule has 1 fully saturated rings. The van der Waals surface area contributed by atoms with Gasteiger partial charge in [-0.1, -0.05) is 0 Å². The van der Waals surface area contributed by atoms with Crippen LogP contribution in [0.4, 0.5) is 5.95 Å². The quantitative estimate of drug-likeness (QED) is 0.876. The highest BCUT2D eigenvalue weighted by Crippen LogP contribution is 2.19. The van der Waals surface area contributed by atoms with E-state index in [9.17, 15) is 8.42 Å². The van der Waals surface area contributed by atoms with Crippen molar-refractivity contribution in [3.63, 3.8) is 0 Å². The van der Waals surface area contributed by atoms with Crippen molar-refractivity contribution >= 4 is 15.8 Å². The molecule has 1 saturated heterocycles. The van der Waals surface area contributed by atoms with Crippen LogP contribution in [-0.2, 0) is 16.4 Å². The third kappa shape index (κ3) is 3.00. The standard InChI is InChI=1S/C11H19N3O2S/c1-3-14-7-9(2)13-11(14)12-6-10-4-5-17(15,16)8-10/h7,10H,3-6,8H2,1-2H3,(H,12,13). The maximum Gasteiger partial charge on any atom is 0.203 e. The Morgan fingerprint density at radius 3 is 2.94 bits per heavy atom. The van der Waals surface area contributed by atoms with Gasteiger partial charge in [-0.05, 0) is 26.2 Å². The van der Waals surface area contributed by atoms with Gasteiger partial charge in [0.1, 0.15) is 0 Å². The van der Waals surface area contributed by atoms with Crippen molar-refractivity contribution in [2.45, 2.75) is 26.8 Å². The van der Waals surface area contributed by atoms with Gasteiger partial charge in [0.2, 0.25) is 5.95 Å². The number of anilines is 1. The minimum Gasteiger partial charge on any atom is -0.355 e. The van der Waals surface area contributed by atoms with E-state index >= 15 is 0 Å². The smallest absolute Gasteiger partial charge is 0.203 e. The molecule has 0 aliphatic carbocycles. The molecule has 1 aromatic rings. The van der Waals surface area contributed by atoms with Crippen LogP contribution in [0.2, 0.25) is 0 Å². The highest BCUT2D eigenvalue weighted by Gasteiger charge is 2.27. The zero-order valence-electron chi connectivity index (χ0n) is 10.3. The second-order valence-corrected chi connectivity index (χ2v) is 6.87. The van der Waals surface area contributed by atoms with E-state index < -0.39 is 9.84 Å². The Balaban J connectivity index is 1.94. The molecular formula is C11H19N3O2S. The molecule has 1 aromatic heterocycles. The van der Waals surface area contributed by atoms with Gasteiger partial charge >= 0.3 is 0 Å². The molecule has 2 rings (SSSR count). The molecule has 0 amide bonds. The van der Waals surface area contributed by atoms with E-state index in [0.29, 0.717) is 18.1 Å². The SMILES string of the molecule is CCn1cc(C)nc1NCC1CCS(=O)(=O)C1. The number of nitrogens with zero attached hydrogens (tertiary/aromatic N) is 2. The average Bonchev–Trinajstić information content (AvgIpc) is 2.78. The van der Waals surface area contributed by atoms with Crippen molar-refractivity contribution in [2.75, 3.05) is 23.4 Å². The van der Waals surface area contributed by atoms with Crippen LogP contribution in [0, 0.1) is 12.8 Å². The summed E-state index contributed by atoms with van der Waals surface area (Å²) in [5.41, 5.74) is 0.980. The van der Waals surface area contributed by atoms with Crippen molar-refractivity contribution < 1.29 is 8.42 Å². The van der Waals surface area contributed by atoms with Gasteiger partial charge in [0.15, 0.2) is 9.84 Å². The summed E-state index contributed by atoms with van der Waals surface area (Å²) in [6.07, 6.45) is 2.76. The molecule has 6 heteroatoms. The van der Waals surface area contributed by atoms with Gasteiger partial charge in [0, 0.05) is 19.3 Å². The van der Waals surface area contributed by atoms with Crippen molar-refractivity contribution in [3.05, 3.63) is 11.9 Å². The molecule has 17 heavy (non-hydrogen) atoms. The van der Waals surface area contributed by atoms with Crippen LogP contribution in [0.25, 0.3) is 0 Å². The molecule has 1 aliphatic heterocycles. The Hall–Kier alpha value is -1.04. The number of hydrogen-bond acceptors (Lipinski definition) is 4. The minimum absolute atomic E-state index is 0.224. The maximum absolute atomic E-state index is 11.3. The molecule has 1 N–H and O–H groups in total. The van der Waals surface area contributed by atoms with Gasteiger partial charge in [0.25, 0.3) is 0 Å². The van der Waals surface area contributed by atoms with Crippen LogP contribution in [-0.4, -0.2) is 36.0 Å². The number of sulfone groups is 1. The van der Waals surface area contributed by atoms with Crippen LogP contribution in [0.3, 0.4) is 0 Å². The molecule has 0 saturated carbocycles. The van der Waals surface area contributed by atoms with Crippen LogP contribution in [0.5, 0.6) is 0 Å². The lowest BCUT2D eigenvalue weighted by Gasteiger charge is -2.11. The van der Waals surface area contributed by atoms with E-state index in [0.717, 1.165) is 24.6 Å². The Morgan fingerprint density at radius 1 is 1.59 bits per heavy atom. The fourth-order valence-corrected chi connectivity index (χ4v) is 4.06. The monoisotopic (exact) mass is 257 g/mol. The predicted octanol–water partition coefficient (Wildman–Crippen LogP) is 1.06. The van der Waals surface area contributed by atoms with E-state index in [1.54, 1.807) is 0 Å². The molecule has 5 nitrogen and oxygen atoms in total. The lowest BCUT2D eigenvalue weighted by Crippen LogP contribution is -2.17. The van der Waals surface area contributed by atoms with Gasteiger partial charge in [-0.2, -0.15) is 0 Å². The Morgan fingerprint density at radius 2 is 2.35 bits per heavy atom. The van der Waals surface area contributed by atoms with Gasteiger partial charge in [0.05, 0.1) is 17.2 Å². The van der Waals surface area contributed by atoms with E-state index in [4.69, 9.17) is 0 Å². The van der Waals surface area contributed by atoms with Crippen LogP contribution >= 0.6 is 0 Å². The van der Waals surface area contributed by atoms with Crippen LogP contribution in [0.15, 0.2) is 6.20 Å². The van der Waals surface area contributed by atoms with Crippen molar-refractivity contribution in [2.24, 2.45) is 5.92 Å². The lowest BCUT2D eigenvalue weighted by atomic mass is 10.1. The van der Waals surface area contributed by atoms with Crippen molar-refractivity contribution in [3.8, 4) is 0 Å². The van der Waals surface area contributed by atoms with E-state index in [1.807, 2.05) is 17.7 Å². The first kappa shape index (κ1) is 12.4. The fourth-order valence-electron chi connectivity index (χ4n) is 2.20. The lowest BCUT2D eigenvalue weighted by molar-refractivity contribution is 0.594. The molecule has 1 atom stereocenters. The summed E-state index contributed by atoms with van der Waals surface area (Å²) in [7, 11) is -2.78. The summed E-state index contributed by atoms with van der Waals surface area (Å²) in [6, 6.07) is 0. The molecule has 96 valence electrons. The van der Waals surface area contributed by atoms with Gasteiger partial charge in [-0.25, -0.2) is 13.4 Å². The van der Waals surface area contributed by atoms with Crippen LogP contribution < -0.4 is 5.32 Å². The fraction of sp³-hybridized carbons (Fsp3) is 0.727. The number of imidazole rings is 1. The number of aromatic nitrogens is 2. The van der Waals surface area contributed by atoms with Gasteiger partial charge in [-0.15, -0.1) is 0 Å². The van der Waals surface area contributed by atoms with Gasteiger partial charge in [-0.3, -0.25) is 0 Å². The van der Waals surface area contributed by atoms with Crippen molar-refractivity contribution in [1.29, 1.82) is 0 Å². The maximum atomic E-state index is 11.3. The average molecular weight is 257 g/mol. The van der Waals surface area contributed by atoms with E-state index in [-0.39, 0.29) is 5.92 Å². The summed E-state index contributed by atoms with van der Waals surface area (Å²) >= 11 is 0. The summed E-state index contributed by atoms with van der Waals surface area (Å²) < 4.78 is 24.7. The van der Waals surface area contributed by atoms with E-state index in [2.05, 4.69) is 17.2 Å². The minimum atomic E-state index is -2.78. The molecular weight excluding hydrogens is 238 g/mol. The van der Waals surface area contributed by atoms with Crippen LogP contribution in [0.1, 0.15) is 19.0 Å². The number of aryl methyl sites for hydroxylation is 2.